The first-order valence-electron chi connectivity index (χ1n) is 8.40. The fraction of sp³-hybridized carbons (Fsp3) is 0. The average Bonchev–Trinajstić information content (AvgIpc) is 2.70. The molecule has 0 heterocycles. The molecule has 3 rings (SSSR count). The van der Waals surface area contributed by atoms with Crippen LogP contribution in [-0.4, -0.2) is 19.2 Å². The Morgan fingerprint density at radius 1 is 0.935 bits per heavy atom. The number of rotatable bonds is 6. The van der Waals surface area contributed by atoms with Crippen molar-refractivity contribution in [3.63, 3.8) is 0 Å². The maximum absolute atomic E-state index is 12.9. The van der Waals surface area contributed by atoms with Gasteiger partial charge in [0.2, 0.25) is 0 Å². The molecule has 0 aliphatic heterocycles. The minimum absolute atomic E-state index is 0.121. The molecule has 2 N–H and O–H groups in total. The molecule has 0 aliphatic rings. The molecule has 1 amide bonds. The number of benzene rings is 3. The van der Waals surface area contributed by atoms with Gasteiger partial charge in [0.25, 0.3) is 21.6 Å². The Labute approximate surface area is 191 Å². The van der Waals surface area contributed by atoms with Crippen LogP contribution in [-0.2, 0) is 10.0 Å². The molecule has 0 saturated heterocycles. The molecule has 0 spiro atoms. The minimum atomic E-state index is -4.46. The fourth-order valence-corrected chi connectivity index (χ4v) is 4.35. The lowest BCUT2D eigenvalue weighted by molar-refractivity contribution is -0.387. The van der Waals surface area contributed by atoms with Crippen molar-refractivity contribution in [3.05, 3.63) is 91.4 Å². The Morgan fingerprint density at radius 2 is 1.58 bits per heavy atom. The van der Waals surface area contributed by atoms with E-state index in [1.165, 1.54) is 30.3 Å². The molecule has 31 heavy (non-hydrogen) atoms. The number of nitro benzene ring substituents is 1. The molecule has 3 aromatic rings. The third-order valence-corrected chi connectivity index (χ3v) is 6.30. The number of carbonyl (C=O) groups excluding carboxylic acids is 1. The lowest BCUT2D eigenvalue weighted by Gasteiger charge is -2.12. The monoisotopic (exact) mass is 499 g/mol. The molecule has 0 aromatic heterocycles. The van der Waals surface area contributed by atoms with Crippen LogP contribution in [0, 0.1) is 10.1 Å². The summed E-state index contributed by atoms with van der Waals surface area (Å²) >= 11 is 17.8. The summed E-state index contributed by atoms with van der Waals surface area (Å²) in [6, 6.07) is 13.6. The largest absolute Gasteiger partial charge is 0.321 e. The normalized spacial score (nSPS) is 11.1. The summed E-state index contributed by atoms with van der Waals surface area (Å²) in [6.45, 7) is 0. The van der Waals surface area contributed by atoms with Crippen molar-refractivity contribution in [2.75, 3.05) is 10.0 Å². The van der Waals surface area contributed by atoms with E-state index in [4.69, 9.17) is 34.8 Å². The number of hydrogen-bond donors (Lipinski definition) is 2. The van der Waals surface area contributed by atoms with Gasteiger partial charge >= 0.3 is 0 Å². The number of carbonyl (C=O) groups is 1. The van der Waals surface area contributed by atoms with Crippen molar-refractivity contribution < 1.29 is 18.1 Å². The van der Waals surface area contributed by atoms with Crippen molar-refractivity contribution in [1.29, 1.82) is 0 Å². The average molecular weight is 501 g/mol. The van der Waals surface area contributed by atoms with Gasteiger partial charge in [0.1, 0.15) is 0 Å². The summed E-state index contributed by atoms with van der Waals surface area (Å²) < 4.78 is 27.9. The smallest absolute Gasteiger partial charge is 0.291 e. The van der Waals surface area contributed by atoms with E-state index in [0.717, 1.165) is 12.1 Å². The van der Waals surface area contributed by atoms with Crippen LogP contribution >= 0.6 is 34.8 Å². The molecule has 0 bridgehead atoms. The number of amides is 1. The Kier molecular flexibility index (Phi) is 6.71. The molecule has 3 aromatic carbocycles. The predicted molar refractivity (Wildman–Crippen MR) is 120 cm³/mol. The van der Waals surface area contributed by atoms with E-state index in [2.05, 4.69) is 10.0 Å². The van der Waals surface area contributed by atoms with Crippen molar-refractivity contribution in [2.24, 2.45) is 0 Å². The van der Waals surface area contributed by atoms with E-state index in [-0.39, 0.29) is 27.0 Å². The second-order valence-corrected chi connectivity index (χ2v) is 9.00. The van der Waals surface area contributed by atoms with Crippen LogP contribution in [0.4, 0.5) is 17.1 Å². The molecule has 160 valence electrons. The minimum Gasteiger partial charge on any atom is -0.321 e. The van der Waals surface area contributed by atoms with Gasteiger partial charge in [-0.15, -0.1) is 0 Å². The van der Waals surface area contributed by atoms with Crippen LogP contribution in [0.2, 0.25) is 15.1 Å². The van der Waals surface area contributed by atoms with Gasteiger partial charge in [-0.1, -0.05) is 46.9 Å². The van der Waals surface area contributed by atoms with Crippen molar-refractivity contribution >= 4 is 67.8 Å². The molecule has 12 heteroatoms. The predicted octanol–water partition coefficient (Wildman–Crippen LogP) is 5.61. The molecule has 0 radical (unpaired) electrons. The lowest BCUT2D eigenvalue weighted by atomic mass is 10.2. The standard InChI is InChI=1S/C19H12Cl3N3O5S/c20-11-5-7-12(8-6-11)24-31(29,30)18-9-13(15(22)10-17(18)25(27)28)19(26)23-16-4-2-1-3-14(16)21/h1-10,24H,(H,23,26). The van der Waals surface area contributed by atoms with Gasteiger partial charge < -0.3 is 5.32 Å². The van der Waals surface area contributed by atoms with E-state index in [1.54, 1.807) is 18.2 Å². The number of sulfonamides is 1. The highest BCUT2D eigenvalue weighted by Crippen LogP contribution is 2.33. The number of nitrogens with zero attached hydrogens (tertiary/aromatic N) is 1. The first-order chi connectivity index (χ1) is 14.6. The van der Waals surface area contributed by atoms with Gasteiger partial charge in [0, 0.05) is 16.8 Å². The Hall–Kier alpha value is -2.85. The van der Waals surface area contributed by atoms with E-state index < -0.39 is 31.4 Å². The van der Waals surface area contributed by atoms with Crippen LogP contribution in [0.1, 0.15) is 10.4 Å². The van der Waals surface area contributed by atoms with E-state index in [9.17, 15) is 23.3 Å². The molecule has 0 saturated carbocycles. The topological polar surface area (TPSA) is 118 Å². The van der Waals surface area contributed by atoms with Gasteiger partial charge in [-0.3, -0.25) is 19.6 Å². The summed E-state index contributed by atoms with van der Waals surface area (Å²) in [4.78, 5) is 22.5. The Bertz CT molecular complexity index is 1280. The van der Waals surface area contributed by atoms with Crippen molar-refractivity contribution in [1.82, 2.24) is 0 Å². The number of para-hydroxylation sites is 1. The number of nitro groups is 1. The van der Waals surface area contributed by atoms with Gasteiger partial charge in [-0.2, -0.15) is 0 Å². The summed E-state index contributed by atoms with van der Waals surface area (Å²) in [6.07, 6.45) is 0. The maximum atomic E-state index is 12.9. The van der Waals surface area contributed by atoms with E-state index in [0.29, 0.717) is 5.02 Å². The van der Waals surface area contributed by atoms with Gasteiger partial charge in [0.15, 0.2) is 4.90 Å². The molecule has 0 atom stereocenters. The first kappa shape index (κ1) is 22.8. The highest BCUT2D eigenvalue weighted by molar-refractivity contribution is 7.92. The highest BCUT2D eigenvalue weighted by atomic mass is 35.5. The number of halogens is 3. The van der Waals surface area contributed by atoms with Crippen LogP contribution in [0.25, 0.3) is 0 Å². The lowest BCUT2D eigenvalue weighted by Crippen LogP contribution is -2.18. The molecular formula is C19H12Cl3N3O5S. The second-order valence-electron chi connectivity index (χ2n) is 6.10. The number of anilines is 2. The molecule has 0 unspecified atom stereocenters. The summed E-state index contributed by atoms with van der Waals surface area (Å²) in [5.74, 6) is -0.795. The van der Waals surface area contributed by atoms with Gasteiger partial charge in [-0.25, -0.2) is 8.42 Å². The Morgan fingerprint density at radius 3 is 2.19 bits per heavy atom. The van der Waals surface area contributed by atoms with Gasteiger partial charge in [0.05, 0.1) is 26.2 Å². The Balaban J connectivity index is 2.04. The molecular weight excluding hydrogens is 489 g/mol. The maximum Gasteiger partial charge on any atom is 0.291 e. The van der Waals surface area contributed by atoms with E-state index >= 15 is 0 Å². The van der Waals surface area contributed by atoms with Crippen molar-refractivity contribution in [3.8, 4) is 0 Å². The zero-order valence-corrected chi connectivity index (χ0v) is 18.4. The summed E-state index contributed by atoms with van der Waals surface area (Å²) in [5.41, 5.74) is -0.701. The zero-order chi connectivity index (χ0) is 22.8. The van der Waals surface area contributed by atoms with Crippen molar-refractivity contribution in [2.45, 2.75) is 4.90 Å². The number of nitrogens with one attached hydrogen (secondary N) is 2. The summed E-state index contributed by atoms with van der Waals surface area (Å²) in [7, 11) is -4.46. The third kappa shape index (κ3) is 5.26. The first-order valence-corrected chi connectivity index (χ1v) is 11.0. The zero-order valence-electron chi connectivity index (χ0n) is 15.3. The molecule has 0 aliphatic carbocycles. The fourth-order valence-electron chi connectivity index (χ4n) is 2.56. The van der Waals surface area contributed by atoms with Crippen LogP contribution in [0.3, 0.4) is 0 Å². The summed E-state index contributed by atoms with van der Waals surface area (Å²) in [5, 5.41) is 14.3. The highest BCUT2D eigenvalue weighted by Gasteiger charge is 2.30. The quantitative estimate of drug-likeness (QED) is 0.337. The number of hydrogen-bond acceptors (Lipinski definition) is 5. The van der Waals surface area contributed by atoms with Crippen LogP contribution < -0.4 is 10.0 Å². The third-order valence-electron chi connectivity index (χ3n) is 4.00. The van der Waals surface area contributed by atoms with Crippen LogP contribution in [0.5, 0.6) is 0 Å². The SMILES string of the molecule is O=C(Nc1ccccc1Cl)c1cc(S(=O)(=O)Nc2ccc(Cl)cc2)c([N+](=O)[O-])cc1Cl. The van der Waals surface area contributed by atoms with E-state index in [1.807, 2.05) is 0 Å². The second kappa shape index (κ2) is 9.11. The molecule has 0 fully saturated rings. The van der Waals surface area contributed by atoms with Crippen LogP contribution in [0.15, 0.2) is 65.6 Å². The molecule has 8 nitrogen and oxygen atoms in total. The van der Waals surface area contributed by atoms with Gasteiger partial charge in [-0.05, 0) is 42.5 Å².